The van der Waals surface area contributed by atoms with Gasteiger partial charge >= 0.3 is 0 Å². The summed E-state index contributed by atoms with van der Waals surface area (Å²) >= 11 is 5.30. The molecule has 2 nitrogen and oxygen atoms in total. The smallest absolute Gasteiger partial charge is 0.0903 e. The van der Waals surface area contributed by atoms with Gasteiger partial charge in [-0.1, -0.05) is 34.1 Å². The molecule has 0 unspecified atom stereocenters. The second-order valence-corrected chi connectivity index (χ2v) is 5.58. The molecule has 84 valence electrons. The van der Waals surface area contributed by atoms with Gasteiger partial charge in [0.15, 0.2) is 0 Å². The van der Waals surface area contributed by atoms with Gasteiger partial charge in [0.05, 0.1) is 15.6 Å². The van der Waals surface area contributed by atoms with Gasteiger partial charge in [-0.25, -0.2) is 4.98 Å². The Hall–Kier alpha value is -0.710. The number of aryl methyl sites for hydroxylation is 1. The van der Waals surface area contributed by atoms with Crippen molar-refractivity contribution in [3.8, 4) is 10.4 Å². The Labute approximate surface area is 108 Å². The summed E-state index contributed by atoms with van der Waals surface area (Å²) < 4.78 is 1.11. The van der Waals surface area contributed by atoms with Crippen LogP contribution in [0.4, 0.5) is 0 Å². The summed E-state index contributed by atoms with van der Waals surface area (Å²) in [5, 5.41) is 1.09. The predicted molar refractivity (Wildman–Crippen MR) is 72.7 cm³/mol. The summed E-state index contributed by atoms with van der Waals surface area (Å²) in [7, 11) is 0. The molecule has 1 aromatic heterocycles. The number of hydrogen-bond acceptors (Lipinski definition) is 3. The first-order valence-electron chi connectivity index (χ1n) is 5.13. The van der Waals surface area contributed by atoms with Crippen molar-refractivity contribution in [3.05, 3.63) is 39.4 Å². The van der Waals surface area contributed by atoms with Crippen LogP contribution in [0, 0.1) is 6.92 Å². The lowest BCUT2D eigenvalue weighted by atomic mass is 10.1. The molecule has 0 saturated heterocycles. The standard InChI is InChI=1S/C12H13BrN2S/c1-8-15-11(6-7-14)12(16-8)9-4-2-3-5-10(9)13/h2-5H,6-7,14H2,1H3. The highest BCUT2D eigenvalue weighted by Crippen LogP contribution is 2.35. The van der Waals surface area contributed by atoms with Gasteiger partial charge in [-0.2, -0.15) is 0 Å². The third kappa shape index (κ3) is 2.34. The number of benzene rings is 1. The summed E-state index contributed by atoms with van der Waals surface area (Å²) in [6.07, 6.45) is 0.834. The van der Waals surface area contributed by atoms with E-state index >= 15 is 0 Å². The Morgan fingerprint density at radius 1 is 1.38 bits per heavy atom. The van der Waals surface area contributed by atoms with Gasteiger partial charge in [0.25, 0.3) is 0 Å². The van der Waals surface area contributed by atoms with Crippen molar-refractivity contribution in [2.45, 2.75) is 13.3 Å². The van der Waals surface area contributed by atoms with Gasteiger partial charge in [-0.3, -0.25) is 0 Å². The van der Waals surface area contributed by atoms with Crippen LogP contribution < -0.4 is 5.73 Å². The van der Waals surface area contributed by atoms with E-state index in [1.165, 1.54) is 10.4 Å². The molecule has 0 aliphatic heterocycles. The molecule has 0 saturated carbocycles. The van der Waals surface area contributed by atoms with Crippen molar-refractivity contribution in [3.63, 3.8) is 0 Å². The molecule has 0 radical (unpaired) electrons. The van der Waals surface area contributed by atoms with Crippen LogP contribution in [0.1, 0.15) is 10.7 Å². The molecular weight excluding hydrogens is 284 g/mol. The third-order valence-corrected chi connectivity index (χ3v) is 4.04. The normalized spacial score (nSPS) is 10.7. The molecule has 1 heterocycles. The largest absolute Gasteiger partial charge is 0.330 e. The highest BCUT2D eigenvalue weighted by molar-refractivity contribution is 9.10. The number of rotatable bonds is 3. The maximum absolute atomic E-state index is 5.61. The van der Waals surface area contributed by atoms with Crippen LogP contribution in [0.2, 0.25) is 0 Å². The highest BCUT2D eigenvalue weighted by Gasteiger charge is 2.12. The summed E-state index contributed by atoms with van der Waals surface area (Å²) in [4.78, 5) is 5.77. The molecule has 0 fully saturated rings. The molecule has 2 rings (SSSR count). The van der Waals surface area contributed by atoms with Crippen molar-refractivity contribution in [1.82, 2.24) is 4.98 Å². The fourth-order valence-corrected chi connectivity index (χ4v) is 3.25. The Balaban J connectivity index is 2.51. The number of halogens is 1. The molecule has 0 aliphatic rings. The highest BCUT2D eigenvalue weighted by atomic mass is 79.9. The van der Waals surface area contributed by atoms with Crippen molar-refractivity contribution in [2.24, 2.45) is 5.73 Å². The van der Waals surface area contributed by atoms with Crippen LogP contribution in [-0.2, 0) is 6.42 Å². The minimum Gasteiger partial charge on any atom is -0.330 e. The second-order valence-electron chi connectivity index (χ2n) is 3.53. The minimum atomic E-state index is 0.640. The van der Waals surface area contributed by atoms with Crippen molar-refractivity contribution in [1.29, 1.82) is 0 Å². The molecule has 0 amide bonds. The average Bonchev–Trinajstić information content (AvgIpc) is 2.61. The quantitative estimate of drug-likeness (QED) is 0.943. The van der Waals surface area contributed by atoms with Crippen molar-refractivity contribution < 1.29 is 0 Å². The molecule has 0 bridgehead atoms. The van der Waals surface area contributed by atoms with Crippen LogP contribution >= 0.6 is 27.3 Å². The number of nitrogens with two attached hydrogens (primary N) is 1. The zero-order chi connectivity index (χ0) is 11.5. The summed E-state index contributed by atoms with van der Waals surface area (Å²) in [6, 6.07) is 8.22. The van der Waals surface area contributed by atoms with E-state index < -0.39 is 0 Å². The van der Waals surface area contributed by atoms with Gasteiger partial charge in [0.1, 0.15) is 0 Å². The van der Waals surface area contributed by atoms with Gasteiger partial charge in [0, 0.05) is 16.5 Å². The summed E-state index contributed by atoms with van der Waals surface area (Å²) in [5.74, 6) is 0. The topological polar surface area (TPSA) is 38.9 Å². The number of thiazole rings is 1. The Bertz CT molecular complexity index is 494. The van der Waals surface area contributed by atoms with E-state index in [0.29, 0.717) is 6.54 Å². The van der Waals surface area contributed by atoms with Crippen molar-refractivity contribution in [2.75, 3.05) is 6.54 Å². The van der Waals surface area contributed by atoms with E-state index in [9.17, 15) is 0 Å². The fraction of sp³-hybridized carbons (Fsp3) is 0.250. The van der Waals surface area contributed by atoms with Gasteiger partial charge in [-0.15, -0.1) is 11.3 Å². The molecule has 0 aliphatic carbocycles. The maximum Gasteiger partial charge on any atom is 0.0903 e. The third-order valence-electron chi connectivity index (χ3n) is 2.30. The average molecular weight is 297 g/mol. The van der Waals surface area contributed by atoms with E-state index in [1.807, 2.05) is 19.1 Å². The summed E-state index contributed by atoms with van der Waals surface area (Å²) in [6.45, 7) is 2.67. The Morgan fingerprint density at radius 3 is 2.81 bits per heavy atom. The first-order chi connectivity index (χ1) is 7.72. The Morgan fingerprint density at radius 2 is 2.12 bits per heavy atom. The molecule has 2 N–H and O–H groups in total. The van der Waals surface area contributed by atoms with E-state index in [-0.39, 0.29) is 0 Å². The molecular formula is C12H13BrN2S. The first-order valence-corrected chi connectivity index (χ1v) is 6.74. The lowest BCUT2D eigenvalue weighted by Crippen LogP contribution is -2.03. The van der Waals surface area contributed by atoms with E-state index in [4.69, 9.17) is 5.73 Å². The van der Waals surface area contributed by atoms with Gasteiger partial charge < -0.3 is 5.73 Å². The second kappa shape index (κ2) is 5.08. The minimum absolute atomic E-state index is 0.640. The monoisotopic (exact) mass is 296 g/mol. The van der Waals surface area contributed by atoms with E-state index in [2.05, 4.69) is 33.0 Å². The van der Waals surface area contributed by atoms with Crippen LogP contribution in [0.15, 0.2) is 28.7 Å². The predicted octanol–water partition coefficient (Wildman–Crippen LogP) is 3.38. The lowest BCUT2D eigenvalue weighted by Gasteiger charge is -2.03. The molecule has 0 spiro atoms. The zero-order valence-electron chi connectivity index (χ0n) is 9.03. The molecule has 2 aromatic rings. The molecule has 16 heavy (non-hydrogen) atoms. The summed E-state index contributed by atoms with van der Waals surface area (Å²) in [5.41, 5.74) is 7.92. The van der Waals surface area contributed by atoms with Crippen LogP contribution in [0.25, 0.3) is 10.4 Å². The number of nitrogens with zero attached hydrogens (tertiary/aromatic N) is 1. The van der Waals surface area contributed by atoms with E-state index in [0.717, 1.165) is 21.6 Å². The first kappa shape index (κ1) is 11.8. The molecule has 0 atom stereocenters. The van der Waals surface area contributed by atoms with E-state index in [1.54, 1.807) is 11.3 Å². The number of hydrogen-bond donors (Lipinski definition) is 1. The van der Waals surface area contributed by atoms with Crippen molar-refractivity contribution >= 4 is 27.3 Å². The zero-order valence-corrected chi connectivity index (χ0v) is 11.4. The molecule has 4 heteroatoms. The van der Waals surface area contributed by atoms with Crippen LogP contribution in [-0.4, -0.2) is 11.5 Å². The Kier molecular flexibility index (Phi) is 3.74. The SMILES string of the molecule is Cc1nc(CCN)c(-c2ccccc2Br)s1. The molecule has 1 aromatic carbocycles. The number of aromatic nitrogens is 1. The fourth-order valence-electron chi connectivity index (χ4n) is 1.63. The van der Waals surface area contributed by atoms with Gasteiger partial charge in [-0.05, 0) is 19.5 Å². The lowest BCUT2D eigenvalue weighted by molar-refractivity contribution is 0.931. The van der Waals surface area contributed by atoms with Crippen LogP contribution in [0.3, 0.4) is 0 Å². The van der Waals surface area contributed by atoms with Crippen LogP contribution in [0.5, 0.6) is 0 Å². The maximum atomic E-state index is 5.61. The van der Waals surface area contributed by atoms with Gasteiger partial charge in [0.2, 0.25) is 0 Å².